The van der Waals surface area contributed by atoms with Gasteiger partial charge in [-0.25, -0.2) is 9.78 Å². The first kappa shape index (κ1) is 17.5. The zero-order valence-electron chi connectivity index (χ0n) is 15.8. The van der Waals surface area contributed by atoms with Crippen molar-refractivity contribution in [1.82, 2.24) is 9.55 Å². The van der Waals surface area contributed by atoms with Gasteiger partial charge in [0.1, 0.15) is 28.7 Å². The third kappa shape index (κ3) is 2.77. The van der Waals surface area contributed by atoms with E-state index in [0.29, 0.717) is 24.4 Å². The summed E-state index contributed by atoms with van der Waals surface area (Å²) < 4.78 is 7.17. The third-order valence-corrected chi connectivity index (χ3v) is 5.58. The Morgan fingerprint density at radius 3 is 2.86 bits per heavy atom. The van der Waals surface area contributed by atoms with Gasteiger partial charge in [0, 0.05) is 23.2 Å². The minimum absolute atomic E-state index is 0.175. The molecule has 2 N–H and O–H groups in total. The van der Waals surface area contributed by atoms with Gasteiger partial charge in [-0.05, 0) is 37.1 Å². The maximum absolute atomic E-state index is 12.9. The van der Waals surface area contributed by atoms with Gasteiger partial charge < -0.3 is 14.8 Å². The number of aromatic nitrogens is 2. The Bertz CT molecular complexity index is 1320. The van der Waals surface area contributed by atoms with E-state index >= 15 is 0 Å². The third-order valence-electron chi connectivity index (χ3n) is 5.58. The van der Waals surface area contributed by atoms with E-state index in [1.807, 2.05) is 43.3 Å². The Balaban J connectivity index is 1.50. The monoisotopic (exact) mass is 389 g/mol. The van der Waals surface area contributed by atoms with Crippen molar-refractivity contribution >= 4 is 33.6 Å². The summed E-state index contributed by atoms with van der Waals surface area (Å²) in [5.41, 5.74) is 2.59. The van der Waals surface area contributed by atoms with Crippen LogP contribution in [-0.2, 0) is 11.2 Å². The Kier molecular flexibility index (Phi) is 3.91. The Morgan fingerprint density at radius 2 is 2.03 bits per heavy atom. The van der Waals surface area contributed by atoms with Crippen LogP contribution in [0.3, 0.4) is 0 Å². The Hall–Kier alpha value is -3.61. The molecule has 0 bridgehead atoms. The number of rotatable bonds is 4. The molecular formula is C22H19N3O4. The lowest BCUT2D eigenvalue weighted by Gasteiger charge is -2.17. The van der Waals surface area contributed by atoms with Crippen molar-refractivity contribution in [3.8, 4) is 0 Å². The lowest BCUT2D eigenvalue weighted by molar-refractivity contribution is -0.140. The van der Waals surface area contributed by atoms with Crippen LogP contribution in [0.1, 0.15) is 36.8 Å². The lowest BCUT2D eigenvalue weighted by Crippen LogP contribution is -2.30. The van der Waals surface area contributed by atoms with E-state index in [2.05, 4.69) is 16.4 Å². The maximum Gasteiger partial charge on any atom is 0.326 e. The molecule has 1 aliphatic rings. The first-order valence-corrected chi connectivity index (χ1v) is 9.54. The van der Waals surface area contributed by atoms with Crippen LogP contribution in [0.5, 0.6) is 0 Å². The minimum atomic E-state index is -1.00. The average molecular weight is 389 g/mol. The Morgan fingerprint density at radius 1 is 1.24 bits per heavy atom. The number of carbonyl (C=O) groups is 1. The zero-order valence-corrected chi connectivity index (χ0v) is 15.8. The number of aryl methyl sites for hydroxylation is 1. The predicted octanol–water partition coefficient (Wildman–Crippen LogP) is 3.89. The summed E-state index contributed by atoms with van der Waals surface area (Å²) in [7, 11) is 0. The fraction of sp³-hybridized carbons (Fsp3) is 0.227. The van der Waals surface area contributed by atoms with Crippen LogP contribution < -0.4 is 10.9 Å². The van der Waals surface area contributed by atoms with Crippen LogP contribution >= 0.6 is 0 Å². The summed E-state index contributed by atoms with van der Waals surface area (Å²) in [4.78, 5) is 28.6. The maximum atomic E-state index is 12.9. The molecule has 4 aromatic rings. The van der Waals surface area contributed by atoms with Crippen molar-refractivity contribution in [1.29, 1.82) is 0 Å². The van der Waals surface area contributed by atoms with Gasteiger partial charge in [-0.2, -0.15) is 0 Å². The molecule has 146 valence electrons. The first-order chi connectivity index (χ1) is 14.0. The SMILES string of the molecule is C[C@@H](Nc1cnc2n(c1=O)[C@@H](C(=O)O)CC2)c1ccc2oc3ccccc3c2c1. The molecule has 29 heavy (non-hydrogen) atoms. The van der Waals surface area contributed by atoms with Gasteiger partial charge in [0.05, 0.1) is 6.20 Å². The first-order valence-electron chi connectivity index (χ1n) is 9.54. The summed E-state index contributed by atoms with van der Waals surface area (Å²) in [5.74, 6) is -0.484. The molecule has 0 aliphatic carbocycles. The second kappa shape index (κ2) is 6.48. The van der Waals surface area contributed by atoms with E-state index in [-0.39, 0.29) is 11.6 Å². The molecule has 2 aromatic carbocycles. The van der Waals surface area contributed by atoms with Gasteiger partial charge in [-0.3, -0.25) is 9.36 Å². The molecule has 0 radical (unpaired) electrons. The Labute approximate surface area is 165 Å². The molecule has 7 heteroatoms. The number of aliphatic carboxylic acids is 1. The average Bonchev–Trinajstić information content (AvgIpc) is 3.31. The molecule has 7 nitrogen and oxygen atoms in total. The van der Waals surface area contributed by atoms with Gasteiger partial charge in [-0.15, -0.1) is 0 Å². The number of furan rings is 1. The highest BCUT2D eigenvalue weighted by Gasteiger charge is 2.31. The standard InChI is InChI=1S/C22H19N3O4/c1-12(13-6-8-19-15(10-13)14-4-2-3-5-18(14)29-19)24-16-11-23-20-9-7-17(22(27)28)25(20)21(16)26/h2-6,8,10-12,17,24H,7,9H2,1H3,(H,27,28)/t12-,17-/m1/s1. The lowest BCUT2D eigenvalue weighted by atomic mass is 10.0. The number of fused-ring (bicyclic) bond motifs is 4. The molecule has 0 saturated carbocycles. The molecule has 0 amide bonds. The van der Waals surface area contributed by atoms with E-state index < -0.39 is 12.0 Å². The van der Waals surface area contributed by atoms with Crippen LogP contribution in [0.4, 0.5) is 5.69 Å². The fourth-order valence-corrected chi connectivity index (χ4v) is 4.07. The van der Waals surface area contributed by atoms with Crippen LogP contribution in [0.2, 0.25) is 0 Å². The number of hydrogen-bond donors (Lipinski definition) is 2. The number of para-hydroxylation sites is 1. The number of hydrogen-bond acceptors (Lipinski definition) is 5. The van der Waals surface area contributed by atoms with Crippen LogP contribution in [-0.4, -0.2) is 20.6 Å². The number of benzene rings is 2. The van der Waals surface area contributed by atoms with Crippen molar-refractivity contribution < 1.29 is 14.3 Å². The second-order valence-electron chi connectivity index (χ2n) is 7.38. The van der Waals surface area contributed by atoms with E-state index in [0.717, 1.165) is 27.5 Å². The summed E-state index contributed by atoms with van der Waals surface area (Å²) in [6.07, 6.45) is 2.38. The second-order valence-corrected chi connectivity index (χ2v) is 7.38. The number of anilines is 1. The smallest absolute Gasteiger partial charge is 0.326 e. The summed E-state index contributed by atoms with van der Waals surface area (Å²) in [6, 6.07) is 12.8. The van der Waals surface area contributed by atoms with Crippen molar-refractivity contribution in [3.63, 3.8) is 0 Å². The fourth-order valence-electron chi connectivity index (χ4n) is 4.07. The van der Waals surface area contributed by atoms with Crippen molar-refractivity contribution in [2.45, 2.75) is 31.8 Å². The van der Waals surface area contributed by atoms with E-state index in [1.165, 1.54) is 10.8 Å². The molecule has 2 aromatic heterocycles. The quantitative estimate of drug-likeness (QED) is 0.550. The van der Waals surface area contributed by atoms with Crippen molar-refractivity contribution in [3.05, 3.63) is 70.4 Å². The highest BCUT2D eigenvalue weighted by molar-refractivity contribution is 6.05. The van der Waals surface area contributed by atoms with E-state index in [4.69, 9.17) is 4.42 Å². The summed E-state index contributed by atoms with van der Waals surface area (Å²) in [6.45, 7) is 1.95. The molecule has 0 unspecified atom stereocenters. The molecule has 2 atom stereocenters. The minimum Gasteiger partial charge on any atom is -0.480 e. The van der Waals surface area contributed by atoms with Gasteiger partial charge in [-0.1, -0.05) is 24.3 Å². The van der Waals surface area contributed by atoms with Crippen molar-refractivity contribution in [2.75, 3.05) is 5.32 Å². The molecule has 0 fully saturated rings. The van der Waals surface area contributed by atoms with Gasteiger partial charge in [0.2, 0.25) is 0 Å². The molecular weight excluding hydrogens is 370 g/mol. The van der Waals surface area contributed by atoms with E-state index in [9.17, 15) is 14.7 Å². The highest BCUT2D eigenvalue weighted by Crippen LogP contribution is 2.31. The molecule has 0 saturated heterocycles. The normalized spacial score (nSPS) is 16.8. The van der Waals surface area contributed by atoms with Crippen molar-refractivity contribution in [2.24, 2.45) is 0 Å². The van der Waals surface area contributed by atoms with E-state index in [1.54, 1.807) is 0 Å². The number of nitrogens with zero attached hydrogens (tertiary/aromatic N) is 2. The summed E-state index contributed by atoms with van der Waals surface area (Å²) in [5, 5.41) is 14.6. The predicted molar refractivity (Wildman–Crippen MR) is 109 cm³/mol. The number of carboxylic acids is 1. The van der Waals surface area contributed by atoms with Crippen LogP contribution in [0.25, 0.3) is 21.9 Å². The van der Waals surface area contributed by atoms with Crippen LogP contribution in [0.15, 0.2) is 57.9 Å². The van der Waals surface area contributed by atoms with Crippen LogP contribution in [0, 0.1) is 0 Å². The number of carboxylic acid groups (broad SMARTS) is 1. The number of nitrogens with one attached hydrogen (secondary N) is 1. The molecule has 1 aliphatic heterocycles. The molecule has 3 heterocycles. The van der Waals surface area contributed by atoms with Gasteiger partial charge >= 0.3 is 5.97 Å². The van der Waals surface area contributed by atoms with Gasteiger partial charge in [0.15, 0.2) is 0 Å². The molecule has 0 spiro atoms. The highest BCUT2D eigenvalue weighted by atomic mass is 16.4. The van der Waals surface area contributed by atoms with Gasteiger partial charge in [0.25, 0.3) is 5.56 Å². The molecule has 5 rings (SSSR count). The largest absolute Gasteiger partial charge is 0.480 e. The zero-order chi connectivity index (χ0) is 20.1. The topological polar surface area (TPSA) is 97.4 Å². The summed E-state index contributed by atoms with van der Waals surface area (Å²) >= 11 is 0.